The van der Waals surface area contributed by atoms with Crippen molar-refractivity contribution in [1.82, 2.24) is 0 Å². The molecule has 0 saturated heterocycles. The Morgan fingerprint density at radius 3 is 1.61 bits per heavy atom. The summed E-state index contributed by atoms with van der Waals surface area (Å²) in [6, 6.07) is 4.33. The molecule has 1 rings (SSSR count). The quantitative estimate of drug-likeness (QED) is 0.188. The minimum atomic E-state index is 0.350. The molecule has 0 atom stereocenters. The summed E-state index contributed by atoms with van der Waals surface area (Å²) in [5, 5.41) is 8.71. The monoisotopic (exact) mass is 656 g/mol. The summed E-state index contributed by atoms with van der Waals surface area (Å²) in [5.41, 5.74) is 0. The average molecular weight is 656 g/mol. The molecule has 0 aromatic heterocycles. The van der Waals surface area contributed by atoms with E-state index in [4.69, 9.17) is 9.84 Å². The van der Waals surface area contributed by atoms with Gasteiger partial charge in [0.1, 0.15) is 5.75 Å². The molecule has 0 bridgehead atoms. The van der Waals surface area contributed by atoms with E-state index in [1.807, 2.05) is 0 Å². The molecule has 0 radical (unpaired) electrons. The Morgan fingerprint density at radius 1 is 0.696 bits per heavy atom. The van der Waals surface area contributed by atoms with Crippen molar-refractivity contribution in [2.45, 2.75) is 64.2 Å². The number of ether oxygens (including phenoxy) is 1. The summed E-state index contributed by atoms with van der Waals surface area (Å²) in [7, 11) is 0. The van der Waals surface area contributed by atoms with Crippen molar-refractivity contribution in [2.24, 2.45) is 0 Å². The van der Waals surface area contributed by atoms with Gasteiger partial charge >= 0.3 is 0 Å². The predicted octanol–water partition coefficient (Wildman–Crippen LogP) is 6.77. The van der Waals surface area contributed by atoms with Crippen molar-refractivity contribution in [2.75, 3.05) is 13.2 Å². The third-order valence-corrected chi connectivity index (χ3v) is 5.99. The molecule has 2 nitrogen and oxygen atoms in total. The Hall–Kier alpha value is 1.17. The largest absolute Gasteiger partial charge is 0.491 e. The highest BCUT2D eigenvalue weighted by molar-refractivity contribution is 14.1. The molecule has 0 spiro atoms. The Kier molecular flexibility index (Phi) is 13.9. The fraction of sp³-hybridized carbons (Fsp3) is 0.667. The lowest BCUT2D eigenvalue weighted by atomic mass is 10.1. The normalized spacial score (nSPS) is 11.0. The number of aliphatic hydroxyl groups is 1. The first-order chi connectivity index (χ1) is 11.1. The summed E-state index contributed by atoms with van der Waals surface area (Å²) in [5.74, 6) is 1.05. The minimum Gasteiger partial charge on any atom is -0.491 e. The number of halogens is 3. The Balaban J connectivity index is 1.98. The van der Waals surface area contributed by atoms with E-state index >= 15 is 0 Å². The van der Waals surface area contributed by atoms with Gasteiger partial charge in [0.05, 0.1) is 13.7 Å². The van der Waals surface area contributed by atoms with Gasteiger partial charge in [-0.3, -0.25) is 0 Å². The van der Waals surface area contributed by atoms with Crippen LogP contribution in [0, 0.1) is 10.7 Å². The maximum Gasteiger partial charge on any atom is 0.145 e. The maximum atomic E-state index is 8.71. The van der Waals surface area contributed by atoms with E-state index in [0.29, 0.717) is 6.61 Å². The highest BCUT2D eigenvalue weighted by atomic mass is 127. The van der Waals surface area contributed by atoms with Gasteiger partial charge in [0.25, 0.3) is 0 Å². The Labute approximate surface area is 182 Å². The fourth-order valence-corrected chi connectivity index (χ4v) is 6.36. The molecule has 0 unspecified atom stereocenters. The van der Waals surface area contributed by atoms with Crippen LogP contribution in [0.2, 0.25) is 0 Å². The molecule has 0 aliphatic carbocycles. The van der Waals surface area contributed by atoms with E-state index < -0.39 is 0 Å². The third kappa shape index (κ3) is 10.7. The van der Waals surface area contributed by atoms with Gasteiger partial charge in [-0.1, -0.05) is 51.4 Å². The molecule has 1 aromatic carbocycles. The molecule has 132 valence electrons. The van der Waals surface area contributed by atoms with Gasteiger partial charge in [-0.05, 0) is 92.7 Å². The highest BCUT2D eigenvalue weighted by Crippen LogP contribution is 2.29. The van der Waals surface area contributed by atoms with Crippen LogP contribution in [0.3, 0.4) is 0 Å². The van der Waals surface area contributed by atoms with E-state index in [-0.39, 0.29) is 0 Å². The van der Waals surface area contributed by atoms with E-state index in [1.54, 1.807) is 0 Å². The summed E-state index contributed by atoms with van der Waals surface area (Å²) in [6.45, 7) is 1.18. The van der Waals surface area contributed by atoms with E-state index in [9.17, 15) is 0 Å². The van der Waals surface area contributed by atoms with Crippen molar-refractivity contribution in [3.05, 3.63) is 22.8 Å². The second-order valence-corrected chi connectivity index (χ2v) is 9.38. The molecule has 1 aromatic rings. The van der Waals surface area contributed by atoms with Crippen molar-refractivity contribution < 1.29 is 9.84 Å². The summed E-state index contributed by atoms with van der Waals surface area (Å²) in [4.78, 5) is 0. The van der Waals surface area contributed by atoms with E-state index in [2.05, 4.69) is 79.9 Å². The first kappa shape index (κ1) is 22.2. The van der Waals surface area contributed by atoms with Gasteiger partial charge in [-0.15, -0.1) is 0 Å². The first-order valence-corrected chi connectivity index (χ1v) is 11.8. The molecule has 0 saturated carbocycles. The smallest absolute Gasteiger partial charge is 0.145 e. The topological polar surface area (TPSA) is 29.5 Å². The zero-order valence-corrected chi connectivity index (χ0v) is 20.1. The van der Waals surface area contributed by atoms with Crippen molar-refractivity contribution in [1.29, 1.82) is 0 Å². The standard InChI is InChI=1S/C18H27I3O2/c19-15-13-16(20)18(17(21)14-15)23-12-10-8-6-4-2-1-3-5-7-9-11-22/h13-14,22H,1-12H2. The molecule has 23 heavy (non-hydrogen) atoms. The number of unbranched alkanes of at least 4 members (excludes halogenated alkanes) is 9. The van der Waals surface area contributed by atoms with Crippen LogP contribution in [0.4, 0.5) is 0 Å². The molecule has 0 aliphatic heterocycles. The lowest BCUT2D eigenvalue weighted by molar-refractivity contribution is 0.282. The third-order valence-electron chi connectivity index (χ3n) is 3.76. The highest BCUT2D eigenvalue weighted by Gasteiger charge is 2.07. The maximum absolute atomic E-state index is 8.71. The average Bonchev–Trinajstić information content (AvgIpc) is 2.50. The van der Waals surface area contributed by atoms with Crippen LogP contribution in [0.15, 0.2) is 12.1 Å². The van der Waals surface area contributed by atoms with Crippen LogP contribution in [-0.2, 0) is 0 Å². The number of aliphatic hydroxyl groups excluding tert-OH is 1. The first-order valence-electron chi connectivity index (χ1n) is 8.53. The fourth-order valence-electron chi connectivity index (χ4n) is 2.47. The molecule has 0 heterocycles. The predicted molar refractivity (Wildman–Crippen MR) is 123 cm³/mol. The SMILES string of the molecule is OCCCCCCCCCCCCOc1c(I)cc(I)cc1I. The van der Waals surface area contributed by atoms with Crippen LogP contribution in [0.25, 0.3) is 0 Å². The van der Waals surface area contributed by atoms with E-state index in [1.165, 1.54) is 62.1 Å². The molecule has 5 heteroatoms. The van der Waals surface area contributed by atoms with Gasteiger partial charge in [0.15, 0.2) is 0 Å². The Morgan fingerprint density at radius 2 is 1.13 bits per heavy atom. The molecule has 0 fully saturated rings. The summed E-state index contributed by atoms with van der Waals surface area (Å²) < 4.78 is 9.65. The van der Waals surface area contributed by atoms with Gasteiger partial charge in [0.2, 0.25) is 0 Å². The lowest BCUT2D eigenvalue weighted by Gasteiger charge is -2.11. The summed E-state index contributed by atoms with van der Waals surface area (Å²) in [6.07, 6.45) is 12.5. The second kappa shape index (κ2) is 14.4. The zero-order chi connectivity index (χ0) is 16.9. The lowest BCUT2D eigenvalue weighted by Crippen LogP contribution is -2.01. The van der Waals surface area contributed by atoms with Gasteiger partial charge in [-0.2, -0.15) is 0 Å². The van der Waals surface area contributed by atoms with Crippen LogP contribution in [-0.4, -0.2) is 18.3 Å². The summed E-state index contributed by atoms with van der Waals surface area (Å²) >= 11 is 7.06. The van der Waals surface area contributed by atoms with Gasteiger partial charge < -0.3 is 9.84 Å². The molecular weight excluding hydrogens is 629 g/mol. The van der Waals surface area contributed by atoms with Crippen molar-refractivity contribution >= 4 is 67.8 Å². The molecule has 1 N–H and O–H groups in total. The second-order valence-electron chi connectivity index (χ2n) is 5.81. The van der Waals surface area contributed by atoms with Crippen LogP contribution < -0.4 is 4.74 Å². The van der Waals surface area contributed by atoms with Gasteiger partial charge in [0, 0.05) is 10.2 Å². The van der Waals surface area contributed by atoms with Gasteiger partial charge in [-0.25, -0.2) is 0 Å². The Bertz CT molecular complexity index is 415. The molecule has 0 aliphatic rings. The van der Waals surface area contributed by atoms with Crippen LogP contribution >= 0.6 is 67.8 Å². The molecular formula is C18H27I3O2. The molecule has 0 amide bonds. The van der Waals surface area contributed by atoms with Crippen molar-refractivity contribution in [3.8, 4) is 5.75 Å². The number of rotatable bonds is 13. The number of benzene rings is 1. The van der Waals surface area contributed by atoms with Crippen molar-refractivity contribution in [3.63, 3.8) is 0 Å². The van der Waals surface area contributed by atoms with Crippen LogP contribution in [0.1, 0.15) is 64.2 Å². The number of hydrogen-bond acceptors (Lipinski definition) is 2. The van der Waals surface area contributed by atoms with E-state index in [0.717, 1.165) is 25.2 Å². The number of hydrogen-bond donors (Lipinski definition) is 1. The van der Waals surface area contributed by atoms with Crippen LogP contribution in [0.5, 0.6) is 5.75 Å². The minimum absolute atomic E-state index is 0.350. The zero-order valence-electron chi connectivity index (χ0n) is 13.6.